The molecular formula is C20H42N4O. The molecule has 1 heterocycles. The first-order valence-corrected chi connectivity index (χ1v) is 10.4. The number of likely N-dealkylation sites (tertiary alicyclic amines) is 1. The summed E-state index contributed by atoms with van der Waals surface area (Å²) in [5.41, 5.74) is 0. The van der Waals surface area contributed by atoms with Crippen molar-refractivity contribution in [3.63, 3.8) is 0 Å². The van der Waals surface area contributed by atoms with E-state index in [-0.39, 0.29) is 6.61 Å². The van der Waals surface area contributed by atoms with Gasteiger partial charge in [0.25, 0.3) is 0 Å². The van der Waals surface area contributed by atoms with Crippen LogP contribution in [0.4, 0.5) is 0 Å². The second-order valence-electron chi connectivity index (χ2n) is 7.87. The Morgan fingerprint density at radius 1 is 1.16 bits per heavy atom. The van der Waals surface area contributed by atoms with E-state index < -0.39 is 0 Å². The van der Waals surface area contributed by atoms with Gasteiger partial charge in [-0.1, -0.05) is 27.2 Å². The van der Waals surface area contributed by atoms with E-state index in [4.69, 9.17) is 4.99 Å². The fourth-order valence-corrected chi connectivity index (χ4v) is 3.96. The highest BCUT2D eigenvalue weighted by Gasteiger charge is 2.20. The van der Waals surface area contributed by atoms with Crippen molar-refractivity contribution in [1.82, 2.24) is 15.5 Å². The van der Waals surface area contributed by atoms with E-state index in [9.17, 15) is 5.11 Å². The number of rotatable bonds is 11. The summed E-state index contributed by atoms with van der Waals surface area (Å²) in [7, 11) is 0. The zero-order valence-electron chi connectivity index (χ0n) is 17.1. The van der Waals surface area contributed by atoms with E-state index in [2.05, 4.69) is 43.2 Å². The van der Waals surface area contributed by atoms with Crippen LogP contribution in [0.1, 0.15) is 59.8 Å². The van der Waals surface area contributed by atoms with Gasteiger partial charge in [0.2, 0.25) is 0 Å². The normalized spacial score (nSPS) is 23.5. The molecule has 0 aromatic heterocycles. The van der Waals surface area contributed by atoms with Crippen LogP contribution in [0, 0.1) is 17.8 Å². The van der Waals surface area contributed by atoms with Crippen LogP contribution in [-0.4, -0.2) is 61.8 Å². The Bertz CT molecular complexity index is 346. The Morgan fingerprint density at radius 2 is 1.88 bits per heavy atom. The molecule has 0 amide bonds. The number of piperidine rings is 1. The Balaban J connectivity index is 2.32. The molecule has 1 aliphatic heterocycles. The fourth-order valence-electron chi connectivity index (χ4n) is 3.96. The van der Waals surface area contributed by atoms with E-state index in [0.29, 0.717) is 5.92 Å². The second kappa shape index (κ2) is 13.4. The summed E-state index contributed by atoms with van der Waals surface area (Å²) < 4.78 is 0. The molecule has 0 bridgehead atoms. The van der Waals surface area contributed by atoms with E-state index in [1.165, 1.54) is 26.1 Å². The number of hydrogen-bond donors (Lipinski definition) is 3. The maximum atomic E-state index is 9.18. The Kier molecular flexibility index (Phi) is 11.9. The maximum absolute atomic E-state index is 9.18. The number of aliphatic hydroxyl groups excluding tert-OH is 1. The monoisotopic (exact) mass is 354 g/mol. The molecule has 0 spiro atoms. The third kappa shape index (κ3) is 10.0. The molecular weight excluding hydrogens is 312 g/mol. The molecule has 25 heavy (non-hydrogen) atoms. The van der Waals surface area contributed by atoms with Gasteiger partial charge in [0.1, 0.15) is 0 Å². The average molecular weight is 355 g/mol. The molecule has 0 aromatic carbocycles. The lowest BCUT2D eigenvalue weighted by Gasteiger charge is -2.35. The lowest BCUT2D eigenvalue weighted by Crippen LogP contribution is -2.42. The Labute approximate surface area is 155 Å². The summed E-state index contributed by atoms with van der Waals surface area (Å²) in [4.78, 5) is 7.34. The van der Waals surface area contributed by atoms with E-state index in [1.54, 1.807) is 0 Å². The predicted octanol–water partition coefficient (Wildman–Crippen LogP) is 2.71. The van der Waals surface area contributed by atoms with Crippen molar-refractivity contribution in [3.8, 4) is 0 Å². The number of aliphatic imine (C=N–C) groups is 1. The minimum atomic E-state index is 0.261. The summed E-state index contributed by atoms with van der Waals surface area (Å²) in [6, 6.07) is 0. The molecule has 3 unspecified atom stereocenters. The average Bonchev–Trinajstić information content (AvgIpc) is 2.55. The van der Waals surface area contributed by atoms with Crippen LogP contribution in [0.5, 0.6) is 0 Å². The topological polar surface area (TPSA) is 59.9 Å². The van der Waals surface area contributed by atoms with Gasteiger partial charge in [-0.05, 0) is 56.9 Å². The van der Waals surface area contributed by atoms with Crippen LogP contribution in [-0.2, 0) is 0 Å². The van der Waals surface area contributed by atoms with Gasteiger partial charge < -0.3 is 20.6 Å². The molecule has 3 N–H and O–H groups in total. The molecule has 5 heteroatoms. The van der Waals surface area contributed by atoms with Crippen LogP contribution in [0.15, 0.2) is 4.99 Å². The molecule has 0 saturated carbocycles. The zero-order valence-corrected chi connectivity index (χ0v) is 17.1. The highest BCUT2D eigenvalue weighted by atomic mass is 16.3. The first-order valence-electron chi connectivity index (χ1n) is 10.4. The number of aliphatic hydroxyl groups is 1. The first-order chi connectivity index (χ1) is 12.1. The fraction of sp³-hybridized carbons (Fsp3) is 0.950. The number of nitrogens with one attached hydrogen (secondary N) is 2. The molecule has 1 rings (SSSR count). The van der Waals surface area contributed by atoms with Crippen molar-refractivity contribution in [2.45, 2.75) is 59.8 Å². The summed E-state index contributed by atoms with van der Waals surface area (Å²) >= 11 is 0. The van der Waals surface area contributed by atoms with Gasteiger partial charge in [0.05, 0.1) is 0 Å². The number of nitrogens with zero attached hydrogens (tertiary/aromatic N) is 2. The van der Waals surface area contributed by atoms with Crippen molar-refractivity contribution in [1.29, 1.82) is 0 Å². The standard InChI is InChI=1S/C20H42N4O/c1-5-8-19(9-12-25)14-23-20(21-6-2)22-10-7-11-24-15-17(3)13-18(4)16-24/h17-19,25H,5-16H2,1-4H3,(H2,21,22,23). The van der Waals surface area contributed by atoms with Crippen molar-refractivity contribution < 1.29 is 5.11 Å². The van der Waals surface area contributed by atoms with Crippen LogP contribution in [0.3, 0.4) is 0 Å². The molecule has 0 aromatic rings. The molecule has 5 nitrogen and oxygen atoms in total. The second-order valence-corrected chi connectivity index (χ2v) is 7.87. The van der Waals surface area contributed by atoms with Gasteiger partial charge in [-0.2, -0.15) is 0 Å². The third-order valence-electron chi connectivity index (χ3n) is 4.97. The molecule has 1 saturated heterocycles. The number of hydrogen-bond acceptors (Lipinski definition) is 3. The minimum absolute atomic E-state index is 0.261. The number of guanidine groups is 1. The molecule has 148 valence electrons. The summed E-state index contributed by atoms with van der Waals surface area (Å²) in [5.74, 6) is 3.07. The van der Waals surface area contributed by atoms with Crippen LogP contribution in [0.25, 0.3) is 0 Å². The zero-order chi connectivity index (χ0) is 18.5. The van der Waals surface area contributed by atoms with Crippen molar-refractivity contribution in [2.75, 3.05) is 45.9 Å². The predicted molar refractivity (Wildman–Crippen MR) is 108 cm³/mol. The largest absolute Gasteiger partial charge is 0.396 e. The third-order valence-corrected chi connectivity index (χ3v) is 4.97. The minimum Gasteiger partial charge on any atom is -0.396 e. The SMILES string of the molecule is CCCC(CCO)CN=C(NCC)NCCCN1CC(C)CC(C)C1. The molecule has 3 atom stereocenters. The lowest BCUT2D eigenvalue weighted by molar-refractivity contribution is 0.140. The van der Waals surface area contributed by atoms with Gasteiger partial charge in [-0.25, -0.2) is 0 Å². The van der Waals surface area contributed by atoms with Crippen LogP contribution >= 0.6 is 0 Å². The lowest BCUT2D eigenvalue weighted by atomic mass is 9.92. The van der Waals surface area contributed by atoms with Gasteiger partial charge in [0, 0.05) is 39.3 Å². The van der Waals surface area contributed by atoms with Crippen LogP contribution in [0.2, 0.25) is 0 Å². The smallest absolute Gasteiger partial charge is 0.191 e. The molecule has 1 fully saturated rings. The van der Waals surface area contributed by atoms with Crippen molar-refractivity contribution in [3.05, 3.63) is 0 Å². The van der Waals surface area contributed by atoms with Crippen molar-refractivity contribution >= 4 is 5.96 Å². The van der Waals surface area contributed by atoms with Gasteiger partial charge in [-0.15, -0.1) is 0 Å². The summed E-state index contributed by atoms with van der Waals surface area (Å²) in [6.07, 6.45) is 5.66. The molecule has 0 radical (unpaired) electrons. The van der Waals surface area contributed by atoms with E-state index in [0.717, 1.165) is 63.1 Å². The molecule has 1 aliphatic rings. The van der Waals surface area contributed by atoms with Crippen molar-refractivity contribution in [2.24, 2.45) is 22.7 Å². The highest BCUT2D eigenvalue weighted by molar-refractivity contribution is 5.79. The van der Waals surface area contributed by atoms with E-state index in [1.807, 2.05) is 0 Å². The quantitative estimate of drug-likeness (QED) is 0.303. The first kappa shape index (κ1) is 22.2. The van der Waals surface area contributed by atoms with Gasteiger partial charge >= 0.3 is 0 Å². The van der Waals surface area contributed by atoms with Gasteiger partial charge in [-0.3, -0.25) is 4.99 Å². The summed E-state index contributed by atoms with van der Waals surface area (Å²) in [6.45, 7) is 15.6. The highest BCUT2D eigenvalue weighted by Crippen LogP contribution is 2.20. The summed E-state index contributed by atoms with van der Waals surface area (Å²) in [5, 5.41) is 16.0. The van der Waals surface area contributed by atoms with Gasteiger partial charge in [0.15, 0.2) is 5.96 Å². The maximum Gasteiger partial charge on any atom is 0.191 e. The van der Waals surface area contributed by atoms with Crippen LogP contribution < -0.4 is 10.6 Å². The Morgan fingerprint density at radius 3 is 2.48 bits per heavy atom. The molecule has 0 aliphatic carbocycles. The van der Waals surface area contributed by atoms with E-state index >= 15 is 0 Å². The Hall–Kier alpha value is -0.810.